The summed E-state index contributed by atoms with van der Waals surface area (Å²) in [5, 5.41) is 31.6. The van der Waals surface area contributed by atoms with Crippen molar-refractivity contribution in [3.05, 3.63) is 42.0 Å². The number of benzene rings is 2. The molecule has 0 fully saturated rings. The number of aromatic hydroxyl groups is 2. The van der Waals surface area contributed by atoms with Crippen molar-refractivity contribution in [3.8, 4) is 28.6 Å². The number of phenols is 2. The van der Waals surface area contributed by atoms with Gasteiger partial charge in [0.15, 0.2) is 11.3 Å². The number of fused-ring (bicyclic) bond motifs is 1. The number of oxime groups is 1. The van der Waals surface area contributed by atoms with Gasteiger partial charge < -0.3 is 24.6 Å². The molecule has 0 bridgehead atoms. The van der Waals surface area contributed by atoms with Gasteiger partial charge in [-0.1, -0.05) is 5.16 Å². The monoisotopic (exact) mass is 299 g/mol. The fourth-order valence-electron chi connectivity index (χ4n) is 2.29. The molecule has 0 aliphatic heterocycles. The van der Waals surface area contributed by atoms with Gasteiger partial charge in [-0.2, -0.15) is 0 Å². The van der Waals surface area contributed by atoms with E-state index in [1.54, 1.807) is 30.3 Å². The first-order valence-electron chi connectivity index (χ1n) is 6.44. The van der Waals surface area contributed by atoms with Crippen molar-refractivity contribution >= 4 is 17.2 Å². The number of hydrogen-bond acceptors (Lipinski definition) is 6. The maximum absolute atomic E-state index is 10.0. The summed E-state index contributed by atoms with van der Waals surface area (Å²) in [7, 11) is 1.47. The molecule has 0 unspecified atom stereocenters. The van der Waals surface area contributed by atoms with Gasteiger partial charge in [-0.15, -0.1) is 0 Å². The lowest BCUT2D eigenvalue weighted by atomic mass is 10.1. The highest BCUT2D eigenvalue weighted by Crippen LogP contribution is 2.39. The summed E-state index contributed by atoms with van der Waals surface area (Å²) in [6.45, 7) is 0. The average molecular weight is 299 g/mol. The van der Waals surface area contributed by atoms with Crippen molar-refractivity contribution < 1.29 is 24.6 Å². The van der Waals surface area contributed by atoms with Crippen LogP contribution in [0.4, 0.5) is 0 Å². The van der Waals surface area contributed by atoms with E-state index in [0.717, 1.165) is 11.8 Å². The molecule has 3 N–H and O–H groups in total. The molecule has 6 heteroatoms. The SMILES string of the molecule is COc1cc(O)c(C=NO)c2cc(-c3ccc(O)cc3)oc12. The smallest absolute Gasteiger partial charge is 0.177 e. The Morgan fingerprint density at radius 3 is 2.50 bits per heavy atom. The average Bonchev–Trinajstić information content (AvgIpc) is 2.95. The molecular formula is C16H13NO5. The minimum absolute atomic E-state index is 0.0831. The highest BCUT2D eigenvalue weighted by atomic mass is 16.5. The lowest BCUT2D eigenvalue weighted by Gasteiger charge is -2.04. The molecule has 0 spiro atoms. The number of hydrogen-bond donors (Lipinski definition) is 3. The van der Waals surface area contributed by atoms with E-state index >= 15 is 0 Å². The van der Waals surface area contributed by atoms with Crippen molar-refractivity contribution in [2.24, 2.45) is 5.16 Å². The molecule has 0 saturated heterocycles. The first-order chi connectivity index (χ1) is 10.6. The minimum atomic E-state index is -0.0831. The fourth-order valence-corrected chi connectivity index (χ4v) is 2.29. The molecule has 6 nitrogen and oxygen atoms in total. The zero-order chi connectivity index (χ0) is 15.7. The van der Waals surface area contributed by atoms with E-state index in [4.69, 9.17) is 14.4 Å². The van der Waals surface area contributed by atoms with Gasteiger partial charge in [0.05, 0.1) is 13.3 Å². The van der Waals surface area contributed by atoms with E-state index < -0.39 is 0 Å². The summed E-state index contributed by atoms with van der Waals surface area (Å²) in [5.41, 5.74) is 1.51. The second-order valence-electron chi connectivity index (χ2n) is 4.66. The number of furan rings is 1. The molecule has 2 aromatic carbocycles. The number of rotatable bonds is 3. The van der Waals surface area contributed by atoms with Crippen LogP contribution in [0.1, 0.15) is 5.56 Å². The van der Waals surface area contributed by atoms with Crippen LogP contribution >= 0.6 is 0 Å². The van der Waals surface area contributed by atoms with Crippen LogP contribution in [-0.2, 0) is 0 Å². The van der Waals surface area contributed by atoms with E-state index in [-0.39, 0.29) is 11.5 Å². The number of methoxy groups -OCH3 is 1. The molecule has 3 aromatic rings. The summed E-state index contributed by atoms with van der Waals surface area (Å²) in [6.07, 6.45) is 1.13. The molecule has 0 radical (unpaired) electrons. The molecule has 0 atom stereocenters. The van der Waals surface area contributed by atoms with E-state index in [1.807, 2.05) is 0 Å². The van der Waals surface area contributed by atoms with Crippen LogP contribution in [0.5, 0.6) is 17.2 Å². The Balaban J connectivity index is 2.27. The summed E-state index contributed by atoms with van der Waals surface area (Å²) in [5.74, 6) is 0.975. The number of phenolic OH excluding ortho intramolecular Hbond substituents is 2. The third kappa shape index (κ3) is 2.20. The van der Waals surface area contributed by atoms with Crippen molar-refractivity contribution in [3.63, 3.8) is 0 Å². The molecule has 1 heterocycles. The van der Waals surface area contributed by atoms with Gasteiger partial charge in [-0.05, 0) is 30.3 Å². The molecule has 0 saturated carbocycles. The van der Waals surface area contributed by atoms with E-state index in [9.17, 15) is 10.2 Å². The van der Waals surface area contributed by atoms with Crippen LogP contribution in [0, 0.1) is 0 Å². The zero-order valence-electron chi connectivity index (χ0n) is 11.6. The molecule has 0 amide bonds. The van der Waals surface area contributed by atoms with Crippen LogP contribution in [-0.4, -0.2) is 28.7 Å². The fraction of sp³-hybridized carbons (Fsp3) is 0.0625. The summed E-state index contributed by atoms with van der Waals surface area (Å²) in [4.78, 5) is 0. The van der Waals surface area contributed by atoms with Gasteiger partial charge in [-0.25, -0.2) is 0 Å². The molecule has 0 aliphatic carbocycles. The zero-order valence-corrected chi connectivity index (χ0v) is 11.6. The van der Waals surface area contributed by atoms with Crippen LogP contribution in [0.15, 0.2) is 46.0 Å². The van der Waals surface area contributed by atoms with Crippen molar-refractivity contribution in [2.75, 3.05) is 7.11 Å². The van der Waals surface area contributed by atoms with E-state index in [1.165, 1.54) is 13.2 Å². The maximum atomic E-state index is 10.0. The van der Waals surface area contributed by atoms with Gasteiger partial charge in [0.1, 0.15) is 17.3 Å². The third-order valence-electron chi connectivity index (χ3n) is 3.35. The van der Waals surface area contributed by atoms with Crippen LogP contribution in [0.25, 0.3) is 22.3 Å². The highest BCUT2D eigenvalue weighted by molar-refractivity contribution is 6.04. The third-order valence-corrected chi connectivity index (χ3v) is 3.35. The summed E-state index contributed by atoms with van der Waals surface area (Å²) in [6, 6.07) is 9.61. The minimum Gasteiger partial charge on any atom is -0.508 e. The first kappa shape index (κ1) is 13.8. The maximum Gasteiger partial charge on any atom is 0.177 e. The lowest BCUT2D eigenvalue weighted by molar-refractivity contribution is 0.321. The Morgan fingerprint density at radius 2 is 1.86 bits per heavy atom. The normalized spacial score (nSPS) is 11.3. The van der Waals surface area contributed by atoms with Crippen LogP contribution < -0.4 is 4.74 Å². The van der Waals surface area contributed by atoms with Gasteiger partial charge in [-0.3, -0.25) is 0 Å². The Bertz CT molecular complexity index is 849. The van der Waals surface area contributed by atoms with Gasteiger partial charge >= 0.3 is 0 Å². The lowest BCUT2D eigenvalue weighted by Crippen LogP contribution is -1.88. The predicted octanol–water partition coefficient (Wildman–Crippen LogP) is 3.33. The topological polar surface area (TPSA) is 95.4 Å². The summed E-state index contributed by atoms with van der Waals surface area (Å²) < 4.78 is 11.0. The highest BCUT2D eigenvalue weighted by Gasteiger charge is 2.17. The van der Waals surface area contributed by atoms with Crippen molar-refractivity contribution in [1.82, 2.24) is 0 Å². The molecule has 3 rings (SSSR count). The Labute approximate surface area is 125 Å². The number of nitrogens with zero attached hydrogens (tertiary/aromatic N) is 1. The quantitative estimate of drug-likeness (QED) is 0.391. The molecule has 22 heavy (non-hydrogen) atoms. The molecule has 0 aliphatic rings. The summed E-state index contributed by atoms with van der Waals surface area (Å²) >= 11 is 0. The second kappa shape index (κ2) is 5.33. The number of ether oxygens (including phenoxy) is 1. The largest absolute Gasteiger partial charge is 0.508 e. The van der Waals surface area contributed by atoms with Gasteiger partial charge in [0, 0.05) is 22.6 Å². The second-order valence-corrected chi connectivity index (χ2v) is 4.66. The van der Waals surface area contributed by atoms with Crippen LogP contribution in [0.2, 0.25) is 0 Å². The Hall–Kier alpha value is -3.15. The van der Waals surface area contributed by atoms with Gasteiger partial charge in [0.2, 0.25) is 0 Å². The van der Waals surface area contributed by atoms with Gasteiger partial charge in [0.25, 0.3) is 0 Å². The first-order valence-corrected chi connectivity index (χ1v) is 6.44. The predicted molar refractivity (Wildman–Crippen MR) is 80.9 cm³/mol. The Morgan fingerprint density at radius 1 is 1.14 bits per heavy atom. The standard InChI is InChI=1S/C16H13NO5/c1-21-15-7-13(19)12(8-17-20)11-6-14(22-16(11)15)9-2-4-10(18)5-3-9/h2-8,18-20H,1H3. The molecule has 1 aromatic heterocycles. The Kier molecular flexibility index (Phi) is 3.34. The molecule has 112 valence electrons. The van der Waals surface area contributed by atoms with E-state index in [0.29, 0.717) is 28.0 Å². The van der Waals surface area contributed by atoms with Crippen LogP contribution in [0.3, 0.4) is 0 Å². The van der Waals surface area contributed by atoms with Crippen molar-refractivity contribution in [2.45, 2.75) is 0 Å². The van der Waals surface area contributed by atoms with E-state index in [2.05, 4.69) is 5.16 Å². The molecular weight excluding hydrogens is 286 g/mol. The van der Waals surface area contributed by atoms with Crippen molar-refractivity contribution in [1.29, 1.82) is 0 Å².